The average Bonchev–Trinajstić information content (AvgIpc) is 3.90. The predicted octanol–water partition coefficient (Wildman–Crippen LogP) is 5.08. The molecule has 2 aromatic heterocycles. The monoisotopic (exact) mass is 766 g/mol. The number of benzene rings is 2. The molecule has 6 heterocycles. The Balaban J connectivity index is 0.00000155. The number of aromatic nitrogens is 2. The summed E-state index contributed by atoms with van der Waals surface area (Å²) in [6.45, 7) is 6.92. The number of halogens is 2. The van der Waals surface area contributed by atoms with Gasteiger partial charge in [-0.1, -0.05) is 12.1 Å². The zero-order valence-corrected chi connectivity index (χ0v) is 31.6. The normalized spacial score (nSPS) is 23.6. The lowest BCUT2D eigenvalue weighted by atomic mass is 9.91. The fourth-order valence-electron chi connectivity index (χ4n) is 8.92. The summed E-state index contributed by atoms with van der Waals surface area (Å²) in [5.74, 6) is 1.69. The van der Waals surface area contributed by atoms with Gasteiger partial charge in [-0.25, -0.2) is 18.7 Å². The number of piperidine rings is 2. The summed E-state index contributed by atoms with van der Waals surface area (Å²) in [6, 6.07) is 22.0. The second-order valence-corrected chi connectivity index (χ2v) is 15.4. The van der Waals surface area contributed by atoms with Crippen molar-refractivity contribution in [3.63, 3.8) is 0 Å². The van der Waals surface area contributed by atoms with Gasteiger partial charge in [0.2, 0.25) is 12.3 Å². The molecule has 56 heavy (non-hydrogen) atoms. The van der Waals surface area contributed by atoms with Gasteiger partial charge in [-0.3, -0.25) is 9.59 Å². The largest absolute Gasteiger partial charge is 0.372 e. The van der Waals surface area contributed by atoms with E-state index in [0.717, 1.165) is 87.2 Å². The SMILES string of the molecule is NC(=O)C1CC(Nc2cc(N3CCC(C4CCN(c5ccnc(NC6CCCN(c7cccc(F)c7)C6)c5)C4)C3)ccn2)CN(c2cccc(F)c2)C1.NC=O. The van der Waals surface area contributed by atoms with Gasteiger partial charge in [0, 0.05) is 112 Å². The van der Waals surface area contributed by atoms with Crippen molar-refractivity contribution < 1.29 is 18.4 Å². The molecule has 296 valence electrons. The van der Waals surface area contributed by atoms with Gasteiger partial charge in [0.05, 0.1) is 5.92 Å². The van der Waals surface area contributed by atoms with E-state index in [1.807, 2.05) is 29.4 Å². The molecule has 5 atom stereocenters. The molecule has 0 aliphatic carbocycles. The van der Waals surface area contributed by atoms with Crippen molar-refractivity contribution in [2.45, 2.75) is 44.2 Å². The van der Waals surface area contributed by atoms with Crippen LogP contribution in [0.1, 0.15) is 32.1 Å². The van der Waals surface area contributed by atoms with Crippen LogP contribution in [0.5, 0.6) is 0 Å². The van der Waals surface area contributed by atoms with Crippen LogP contribution >= 0.6 is 0 Å². The van der Waals surface area contributed by atoms with Crippen molar-refractivity contribution in [2.24, 2.45) is 29.2 Å². The number of pyridine rings is 2. The molecule has 4 aliphatic heterocycles. The molecule has 0 saturated carbocycles. The summed E-state index contributed by atoms with van der Waals surface area (Å²) in [6.07, 6.45) is 9.04. The average molecular weight is 767 g/mol. The molecule has 4 aliphatic rings. The van der Waals surface area contributed by atoms with Crippen LogP contribution in [0.4, 0.5) is 43.2 Å². The van der Waals surface area contributed by atoms with Gasteiger partial charge in [-0.15, -0.1) is 0 Å². The minimum atomic E-state index is -0.344. The summed E-state index contributed by atoms with van der Waals surface area (Å²) >= 11 is 0. The number of nitrogens with zero attached hydrogens (tertiary/aromatic N) is 6. The summed E-state index contributed by atoms with van der Waals surface area (Å²) < 4.78 is 27.9. The third kappa shape index (κ3) is 9.58. The van der Waals surface area contributed by atoms with Crippen molar-refractivity contribution in [3.05, 3.63) is 96.8 Å². The van der Waals surface area contributed by atoms with Crippen LogP contribution in [-0.2, 0) is 9.59 Å². The fraction of sp³-hybridized carbons (Fsp3) is 0.429. The van der Waals surface area contributed by atoms with E-state index in [1.54, 1.807) is 18.2 Å². The van der Waals surface area contributed by atoms with E-state index in [0.29, 0.717) is 31.3 Å². The number of carbonyl (C=O) groups is 2. The molecule has 12 nitrogen and oxygen atoms in total. The second kappa shape index (κ2) is 17.9. The van der Waals surface area contributed by atoms with Crippen LogP contribution in [-0.4, -0.2) is 86.7 Å². The van der Waals surface area contributed by atoms with Crippen molar-refractivity contribution in [2.75, 3.05) is 82.6 Å². The fourth-order valence-corrected chi connectivity index (χ4v) is 8.92. The molecular formula is C42H52F2N10O2. The van der Waals surface area contributed by atoms with Crippen LogP contribution in [0.15, 0.2) is 85.2 Å². The van der Waals surface area contributed by atoms with E-state index in [9.17, 15) is 13.6 Å². The van der Waals surface area contributed by atoms with Crippen LogP contribution in [0.3, 0.4) is 0 Å². The van der Waals surface area contributed by atoms with Gasteiger partial charge in [0.15, 0.2) is 0 Å². The lowest BCUT2D eigenvalue weighted by Gasteiger charge is -2.38. The molecule has 6 N–H and O–H groups in total. The van der Waals surface area contributed by atoms with E-state index in [1.165, 1.54) is 30.3 Å². The second-order valence-electron chi connectivity index (χ2n) is 15.4. The van der Waals surface area contributed by atoms with Crippen LogP contribution in [0.2, 0.25) is 0 Å². The number of hydrogen-bond donors (Lipinski definition) is 4. The molecule has 4 aromatic rings. The predicted molar refractivity (Wildman–Crippen MR) is 218 cm³/mol. The Bertz CT molecular complexity index is 1950. The number of anilines is 6. The highest BCUT2D eigenvalue weighted by molar-refractivity contribution is 5.78. The number of nitrogens with one attached hydrogen (secondary N) is 2. The smallest absolute Gasteiger partial charge is 0.222 e. The van der Waals surface area contributed by atoms with Gasteiger partial charge in [0.1, 0.15) is 23.3 Å². The van der Waals surface area contributed by atoms with Crippen molar-refractivity contribution >= 4 is 46.7 Å². The van der Waals surface area contributed by atoms with Crippen molar-refractivity contribution in [1.29, 1.82) is 0 Å². The molecule has 4 fully saturated rings. The Morgan fingerprint density at radius 3 is 1.71 bits per heavy atom. The standard InChI is InChI=1S/C41H49F2N9O.CH3NO/c42-31-4-1-7-35(19-31)49-15-3-6-33(26-49)47-39-21-37(9-13-45-39)50-16-11-28(23-50)29-12-17-51(24-29)38-10-14-46-40(22-38)48-34-18-30(41(44)53)25-52(27-34)36-8-2-5-32(43)20-36;2-1-3/h1-2,4-5,7-10,13-14,19-22,28-30,33-34H,3,6,11-12,15-18,23-27H2,(H2,44,53)(H,45,47)(H,46,48);1H,(H2,2,3). The van der Waals surface area contributed by atoms with Crippen molar-refractivity contribution in [1.82, 2.24) is 9.97 Å². The molecule has 14 heteroatoms. The first-order valence-corrected chi connectivity index (χ1v) is 19.7. The van der Waals surface area contributed by atoms with Gasteiger partial charge in [-0.05, 0) is 92.5 Å². The van der Waals surface area contributed by atoms with Crippen LogP contribution < -0.4 is 41.7 Å². The highest BCUT2D eigenvalue weighted by Gasteiger charge is 2.35. The number of carbonyl (C=O) groups excluding carboxylic acids is 2. The van der Waals surface area contributed by atoms with E-state index < -0.39 is 0 Å². The van der Waals surface area contributed by atoms with Crippen molar-refractivity contribution in [3.8, 4) is 0 Å². The zero-order chi connectivity index (χ0) is 39.0. The Kier molecular flexibility index (Phi) is 12.3. The zero-order valence-electron chi connectivity index (χ0n) is 31.6. The third-order valence-electron chi connectivity index (χ3n) is 11.7. The third-order valence-corrected chi connectivity index (χ3v) is 11.7. The van der Waals surface area contributed by atoms with Crippen LogP contribution in [0, 0.1) is 29.4 Å². The van der Waals surface area contributed by atoms with E-state index in [4.69, 9.17) is 10.5 Å². The molecule has 0 spiro atoms. The molecule has 5 unspecified atom stereocenters. The van der Waals surface area contributed by atoms with Gasteiger partial charge >= 0.3 is 0 Å². The number of hydrogen-bond acceptors (Lipinski definition) is 10. The van der Waals surface area contributed by atoms with Gasteiger partial charge in [0.25, 0.3) is 0 Å². The minimum Gasteiger partial charge on any atom is -0.372 e. The van der Waals surface area contributed by atoms with Gasteiger partial charge < -0.3 is 41.7 Å². The van der Waals surface area contributed by atoms with E-state index in [2.05, 4.69) is 65.3 Å². The molecule has 2 amide bonds. The first kappa shape index (κ1) is 38.6. The number of rotatable bonds is 10. The lowest BCUT2D eigenvalue weighted by Crippen LogP contribution is -2.50. The lowest BCUT2D eigenvalue weighted by molar-refractivity contribution is -0.122. The number of primary amides is 2. The van der Waals surface area contributed by atoms with Crippen LogP contribution in [0.25, 0.3) is 0 Å². The van der Waals surface area contributed by atoms with E-state index >= 15 is 0 Å². The number of nitrogens with two attached hydrogens (primary N) is 2. The van der Waals surface area contributed by atoms with E-state index in [-0.39, 0.29) is 42.0 Å². The molecule has 8 rings (SSSR count). The first-order chi connectivity index (χ1) is 27.2. The molecular weight excluding hydrogens is 715 g/mol. The first-order valence-electron chi connectivity index (χ1n) is 19.7. The topological polar surface area (TPSA) is 149 Å². The highest BCUT2D eigenvalue weighted by atomic mass is 19.1. The molecule has 0 bridgehead atoms. The Hall–Kier alpha value is -5.66. The molecule has 4 saturated heterocycles. The summed E-state index contributed by atoms with van der Waals surface area (Å²) in [7, 11) is 0. The Morgan fingerprint density at radius 1 is 0.661 bits per heavy atom. The molecule has 0 radical (unpaired) electrons. The minimum absolute atomic E-state index is 0.0652. The highest BCUT2D eigenvalue weighted by Crippen LogP contribution is 2.36. The maximum Gasteiger partial charge on any atom is 0.222 e. The summed E-state index contributed by atoms with van der Waals surface area (Å²) in [4.78, 5) is 39.4. The Labute approximate surface area is 327 Å². The Morgan fingerprint density at radius 2 is 1.16 bits per heavy atom. The summed E-state index contributed by atoms with van der Waals surface area (Å²) in [5, 5.41) is 7.23. The van der Waals surface area contributed by atoms with Gasteiger partial charge in [-0.2, -0.15) is 0 Å². The molecule has 2 aromatic carbocycles. The maximum atomic E-state index is 14.0. The number of amides is 2. The maximum absolute atomic E-state index is 14.0. The summed E-state index contributed by atoms with van der Waals surface area (Å²) in [5.41, 5.74) is 14.0. The quantitative estimate of drug-likeness (QED) is 0.161.